The molecular weight excluding hydrogens is 463 g/mol. The number of rotatable bonds is 5. The molecule has 10 heteroatoms. The molecule has 2 atom stereocenters. The maximum atomic E-state index is 13.5. The number of carbonyl (C=O) groups is 2. The number of amides is 2. The number of aliphatic hydroxyl groups is 1. The molecule has 0 aliphatic carbocycles. The van der Waals surface area contributed by atoms with Crippen molar-refractivity contribution in [2.24, 2.45) is 0 Å². The minimum absolute atomic E-state index is 0.0607. The van der Waals surface area contributed by atoms with Crippen LogP contribution < -0.4 is 10.2 Å². The average molecular weight is 487 g/mol. The lowest BCUT2D eigenvalue weighted by Gasteiger charge is -2.24. The molecule has 2 unspecified atom stereocenters. The smallest absolute Gasteiger partial charge is 0.268 e. The Morgan fingerprint density at radius 3 is 2.91 bits per heavy atom. The van der Waals surface area contributed by atoms with Crippen molar-refractivity contribution >= 4 is 40.0 Å². The lowest BCUT2D eigenvalue weighted by Crippen LogP contribution is -2.52. The summed E-state index contributed by atoms with van der Waals surface area (Å²) in [5.41, 5.74) is -0.313. The molecular formula is C24H24ClFN4O4. The lowest BCUT2D eigenvalue weighted by molar-refractivity contribution is -0.149. The number of anilines is 1. The minimum atomic E-state index is -2.20. The van der Waals surface area contributed by atoms with Crippen molar-refractivity contribution in [3.05, 3.63) is 59.0 Å². The largest absolute Gasteiger partial charge is 0.372 e. The number of hydrogen-bond acceptors (Lipinski definition) is 5. The molecule has 0 spiro atoms. The fourth-order valence-corrected chi connectivity index (χ4v) is 4.80. The number of benzene rings is 2. The zero-order valence-corrected chi connectivity index (χ0v) is 19.1. The third-order valence-electron chi connectivity index (χ3n) is 6.37. The van der Waals surface area contributed by atoms with E-state index in [4.69, 9.17) is 16.3 Å². The predicted octanol–water partition coefficient (Wildman–Crippen LogP) is 3.31. The standard InChI is InChI=1S/C24H24ClFN4O4/c25-17-9-15(10-18(26)12-17)13-27-22(31)24(33)6-7-29(23(24)32)19-4-5-20-16(11-19)14-28-30(20)21-3-1-2-8-34-21/h4-5,9-12,14,21,33H,1-3,6-8,13H2,(H,27,31). The van der Waals surface area contributed by atoms with Gasteiger partial charge in [0, 0.05) is 42.2 Å². The third-order valence-corrected chi connectivity index (χ3v) is 6.58. The topological polar surface area (TPSA) is 96.7 Å². The van der Waals surface area contributed by atoms with Crippen LogP contribution in [-0.2, 0) is 20.9 Å². The highest BCUT2D eigenvalue weighted by atomic mass is 35.5. The first kappa shape index (κ1) is 22.8. The van der Waals surface area contributed by atoms with Crippen LogP contribution in [0.25, 0.3) is 10.9 Å². The molecule has 34 heavy (non-hydrogen) atoms. The number of halogens is 2. The fraction of sp³-hybridized carbons (Fsp3) is 0.375. The molecule has 3 aromatic rings. The third kappa shape index (κ3) is 4.15. The summed E-state index contributed by atoms with van der Waals surface area (Å²) in [6, 6.07) is 9.35. The van der Waals surface area contributed by atoms with E-state index in [1.807, 2.05) is 16.8 Å². The number of carbonyl (C=O) groups excluding carboxylic acids is 2. The van der Waals surface area contributed by atoms with E-state index in [-0.39, 0.29) is 30.8 Å². The van der Waals surface area contributed by atoms with E-state index in [0.717, 1.165) is 36.2 Å². The predicted molar refractivity (Wildman–Crippen MR) is 124 cm³/mol. The average Bonchev–Trinajstić information content (AvgIpc) is 3.38. The number of nitrogens with one attached hydrogen (secondary N) is 1. The first-order valence-electron chi connectivity index (χ1n) is 11.2. The van der Waals surface area contributed by atoms with Gasteiger partial charge in [-0.15, -0.1) is 0 Å². The van der Waals surface area contributed by atoms with Crippen LogP contribution in [-0.4, -0.2) is 45.5 Å². The van der Waals surface area contributed by atoms with Gasteiger partial charge in [-0.05, 0) is 61.2 Å². The van der Waals surface area contributed by atoms with Crippen molar-refractivity contribution in [3.8, 4) is 0 Å². The quantitative estimate of drug-likeness (QED) is 0.539. The molecule has 2 amide bonds. The van der Waals surface area contributed by atoms with Gasteiger partial charge in [-0.25, -0.2) is 9.07 Å². The van der Waals surface area contributed by atoms with E-state index in [0.29, 0.717) is 17.9 Å². The summed E-state index contributed by atoms with van der Waals surface area (Å²) >= 11 is 5.84. The van der Waals surface area contributed by atoms with Crippen molar-refractivity contribution in [3.63, 3.8) is 0 Å². The van der Waals surface area contributed by atoms with Gasteiger partial charge in [0.15, 0.2) is 6.23 Å². The highest BCUT2D eigenvalue weighted by Gasteiger charge is 2.51. The Labute approximate surface area is 200 Å². The Balaban J connectivity index is 1.30. The lowest BCUT2D eigenvalue weighted by atomic mass is 10.0. The fourth-order valence-electron chi connectivity index (χ4n) is 4.56. The number of ether oxygens (including phenoxy) is 1. The first-order valence-corrected chi connectivity index (χ1v) is 11.6. The van der Waals surface area contributed by atoms with Gasteiger partial charge in [0.05, 0.1) is 11.7 Å². The highest BCUT2D eigenvalue weighted by molar-refractivity contribution is 6.30. The highest BCUT2D eigenvalue weighted by Crippen LogP contribution is 2.32. The van der Waals surface area contributed by atoms with E-state index in [1.165, 1.54) is 17.0 Å². The van der Waals surface area contributed by atoms with Crippen LogP contribution in [0, 0.1) is 5.82 Å². The Bertz CT molecular complexity index is 1240. The monoisotopic (exact) mass is 486 g/mol. The zero-order valence-electron chi connectivity index (χ0n) is 18.3. The minimum Gasteiger partial charge on any atom is -0.372 e. The molecule has 1 aromatic heterocycles. The number of fused-ring (bicyclic) bond motifs is 1. The van der Waals surface area contributed by atoms with Crippen LogP contribution in [0.3, 0.4) is 0 Å². The maximum absolute atomic E-state index is 13.5. The number of hydrogen-bond donors (Lipinski definition) is 2. The van der Waals surface area contributed by atoms with Crippen molar-refractivity contribution in [2.45, 2.75) is 44.1 Å². The second kappa shape index (κ2) is 8.98. The second-order valence-corrected chi connectivity index (χ2v) is 9.12. The van der Waals surface area contributed by atoms with E-state index in [2.05, 4.69) is 10.4 Å². The van der Waals surface area contributed by atoms with Gasteiger partial charge in [-0.3, -0.25) is 9.59 Å². The van der Waals surface area contributed by atoms with Gasteiger partial charge in [0.25, 0.3) is 11.8 Å². The molecule has 178 valence electrons. The summed E-state index contributed by atoms with van der Waals surface area (Å²) in [6.07, 6.45) is 4.58. The molecule has 8 nitrogen and oxygen atoms in total. The van der Waals surface area contributed by atoms with Gasteiger partial charge >= 0.3 is 0 Å². The van der Waals surface area contributed by atoms with E-state index in [9.17, 15) is 19.1 Å². The van der Waals surface area contributed by atoms with Crippen LogP contribution in [0.2, 0.25) is 5.02 Å². The Morgan fingerprint density at radius 1 is 1.29 bits per heavy atom. The van der Waals surface area contributed by atoms with Gasteiger partial charge < -0.3 is 20.1 Å². The summed E-state index contributed by atoms with van der Waals surface area (Å²) in [6.45, 7) is 0.819. The summed E-state index contributed by atoms with van der Waals surface area (Å²) in [5.74, 6) is -2.07. The van der Waals surface area contributed by atoms with Gasteiger partial charge in [-0.1, -0.05) is 11.6 Å². The van der Waals surface area contributed by atoms with Crippen molar-refractivity contribution in [1.29, 1.82) is 0 Å². The molecule has 2 aliphatic rings. The van der Waals surface area contributed by atoms with Crippen LogP contribution in [0.15, 0.2) is 42.6 Å². The molecule has 0 saturated carbocycles. The van der Waals surface area contributed by atoms with Crippen LogP contribution in [0.4, 0.5) is 10.1 Å². The first-order chi connectivity index (χ1) is 16.3. The molecule has 2 saturated heterocycles. The van der Waals surface area contributed by atoms with Gasteiger partial charge in [0.1, 0.15) is 5.82 Å². The van der Waals surface area contributed by atoms with E-state index in [1.54, 1.807) is 12.3 Å². The Morgan fingerprint density at radius 2 is 2.15 bits per heavy atom. The summed E-state index contributed by atoms with van der Waals surface area (Å²) < 4.78 is 21.2. The van der Waals surface area contributed by atoms with Crippen molar-refractivity contribution in [1.82, 2.24) is 15.1 Å². The van der Waals surface area contributed by atoms with Crippen molar-refractivity contribution < 1.29 is 23.8 Å². The normalized spacial score (nSPS) is 23.0. The van der Waals surface area contributed by atoms with Gasteiger partial charge in [-0.2, -0.15) is 5.10 Å². The summed E-state index contributed by atoms with van der Waals surface area (Å²) in [5, 5.41) is 18.9. The molecule has 5 rings (SSSR count). The molecule has 2 aliphatic heterocycles. The Kier molecular flexibility index (Phi) is 6.01. The van der Waals surface area contributed by atoms with Crippen LogP contribution in [0.1, 0.15) is 37.5 Å². The van der Waals surface area contributed by atoms with Crippen LogP contribution in [0.5, 0.6) is 0 Å². The van der Waals surface area contributed by atoms with Crippen LogP contribution >= 0.6 is 11.6 Å². The molecule has 0 radical (unpaired) electrons. The number of aromatic nitrogens is 2. The van der Waals surface area contributed by atoms with E-state index < -0.39 is 23.2 Å². The maximum Gasteiger partial charge on any atom is 0.268 e. The Hall–Kier alpha value is -3.01. The molecule has 2 N–H and O–H groups in total. The summed E-state index contributed by atoms with van der Waals surface area (Å²) in [7, 11) is 0. The molecule has 0 bridgehead atoms. The zero-order chi connectivity index (χ0) is 23.9. The van der Waals surface area contributed by atoms with Gasteiger partial charge in [0.2, 0.25) is 5.60 Å². The molecule has 2 fully saturated rings. The second-order valence-electron chi connectivity index (χ2n) is 8.68. The number of nitrogens with zero attached hydrogens (tertiary/aromatic N) is 3. The van der Waals surface area contributed by atoms with E-state index >= 15 is 0 Å². The SMILES string of the molecule is O=C(NCc1cc(F)cc(Cl)c1)C1(O)CCN(c2ccc3c(cnn3C3CCCCO3)c2)C1=O. The van der Waals surface area contributed by atoms with Crippen molar-refractivity contribution in [2.75, 3.05) is 18.1 Å². The molecule has 3 heterocycles. The summed E-state index contributed by atoms with van der Waals surface area (Å²) in [4.78, 5) is 27.2. The molecule has 2 aromatic carbocycles.